The summed E-state index contributed by atoms with van der Waals surface area (Å²) < 4.78 is 11.2. The van der Waals surface area contributed by atoms with Gasteiger partial charge in [-0.1, -0.05) is 42.5 Å². The van der Waals surface area contributed by atoms with Crippen LogP contribution in [0.15, 0.2) is 72.8 Å². The van der Waals surface area contributed by atoms with Gasteiger partial charge in [-0.05, 0) is 55.3 Å². The molecule has 1 amide bonds. The molecule has 1 aliphatic heterocycles. The molecule has 184 valence electrons. The Hall–Kier alpha value is -3.51. The lowest BCUT2D eigenvalue weighted by Crippen LogP contribution is -2.46. The van der Waals surface area contributed by atoms with Crippen LogP contribution in [0.1, 0.15) is 35.3 Å². The molecule has 3 aromatic carbocycles. The van der Waals surface area contributed by atoms with E-state index in [0.717, 1.165) is 38.3 Å². The van der Waals surface area contributed by atoms with Gasteiger partial charge >= 0.3 is 0 Å². The first kappa shape index (κ1) is 24.6. The van der Waals surface area contributed by atoms with Crippen LogP contribution in [0, 0.1) is 0 Å². The number of carbonyl (C=O) groups is 1. The average molecular weight is 474 g/mol. The van der Waals surface area contributed by atoms with E-state index >= 15 is 0 Å². The van der Waals surface area contributed by atoms with Crippen molar-refractivity contribution >= 4 is 11.6 Å². The van der Waals surface area contributed by atoms with Crippen molar-refractivity contribution in [2.24, 2.45) is 0 Å². The zero-order valence-corrected chi connectivity index (χ0v) is 20.9. The van der Waals surface area contributed by atoms with Gasteiger partial charge in [0, 0.05) is 50.5 Å². The first-order valence-corrected chi connectivity index (χ1v) is 12.3. The highest BCUT2D eigenvalue weighted by molar-refractivity contribution is 5.94. The van der Waals surface area contributed by atoms with Crippen LogP contribution in [0.25, 0.3) is 0 Å². The molecular weight excluding hydrogens is 438 g/mol. The minimum atomic E-state index is -0.134. The van der Waals surface area contributed by atoms with Gasteiger partial charge in [0.2, 0.25) is 0 Å². The molecule has 0 radical (unpaired) electrons. The van der Waals surface area contributed by atoms with E-state index in [1.807, 2.05) is 19.9 Å². The Kier molecular flexibility index (Phi) is 8.27. The number of ether oxygens (including phenoxy) is 2. The number of nitrogens with zero attached hydrogens (tertiary/aromatic N) is 2. The van der Waals surface area contributed by atoms with Crippen molar-refractivity contribution in [3.05, 3.63) is 89.5 Å². The van der Waals surface area contributed by atoms with E-state index in [2.05, 4.69) is 63.6 Å². The third-order valence-corrected chi connectivity index (χ3v) is 6.23. The molecule has 0 aliphatic carbocycles. The number of hydrogen-bond acceptors (Lipinski definition) is 5. The molecule has 1 saturated heterocycles. The van der Waals surface area contributed by atoms with E-state index in [4.69, 9.17) is 9.47 Å². The molecule has 6 heteroatoms. The van der Waals surface area contributed by atoms with E-state index in [1.165, 1.54) is 11.3 Å². The van der Waals surface area contributed by atoms with Crippen LogP contribution in [0.5, 0.6) is 11.5 Å². The molecule has 4 rings (SSSR count). The van der Waals surface area contributed by atoms with Crippen LogP contribution >= 0.6 is 0 Å². The van der Waals surface area contributed by atoms with Gasteiger partial charge in [0.25, 0.3) is 5.91 Å². The predicted octanol–water partition coefficient (Wildman–Crippen LogP) is 4.73. The van der Waals surface area contributed by atoms with Crippen LogP contribution in [-0.2, 0) is 13.1 Å². The van der Waals surface area contributed by atoms with E-state index in [-0.39, 0.29) is 12.0 Å². The highest BCUT2D eigenvalue weighted by Gasteiger charge is 2.18. The Balaban J connectivity index is 1.34. The molecule has 1 aliphatic rings. The summed E-state index contributed by atoms with van der Waals surface area (Å²) in [5.74, 6) is 1.06. The number of hydrogen-bond donors (Lipinski definition) is 1. The second-order valence-electron chi connectivity index (χ2n) is 9.08. The number of para-hydroxylation sites is 1. The van der Waals surface area contributed by atoms with E-state index in [1.54, 1.807) is 25.3 Å². The molecule has 0 unspecified atom stereocenters. The van der Waals surface area contributed by atoms with Gasteiger partial charge in [0.15, 0.2) is 11.5 Å². The summed E-state index contributed by atoms with van der Waals surface area (Å²) in [6.07, 6.45) is 0.0291. The van der Waals surface area contributed by atoms with Gasteiger partial charge in [-0.3, -0.25) is 9.69 Å². The lowest BCUT2D eigenvalue weighted by atomic mass is 10.1. The van der Waals surface area contributed by atoms with E-state index in [9.17, 15) is 4.79 Å². The maximum absolute atomic E-state index is 12.9. The fourth-order valence-electron chi connectivity index (χ4n) is 4.37. The molecule has 6 nitrogen and oxygen atoms in total. The van der Waals surface area contributed by atoms with Crippen LogP contribution in [-0.4, -0.2) is 50.2 Å². The quantitative estimate of drug-likeness (QED) is 0.487. The summed E-state index contributed by atoms with van der Waals surface area (Å²) in [5, 5.41) is 3.07. The summed E-state index contributed by atoms with van der Waals surface area (Å²) in [5.41, 5.74) is 4.22. The Morgan fingerprint density at radius 3 is 2.26 bits per heavy atom. The fourth-order valence-corrected chi connectivity index (χ4v) is 4.37. The fraction of sp³-hybridized carbons (Fsp3) is 0.345. The Morgan fingerprint density at radius 2 is 1.57 bits per heavy atom. The number of carbonyl (C=O) groups excluding carboxylic acids is 1. The summed E-state index contributed by atoms with van der Waals surface area (Å²) in [4.78, 5) is 17.8. The van der Waals surface area contributed by atoms with Crippen LogP contribution in [0.3, 0.4) is 0 Å². The van der Waals surface area contributed by atoms with Gasteiger partial charge in [0.05, 0.1) is 13.2 Å². The zero-order chi connectivity index (χ0) is 24.6. The summed E-state index contributed by atoms with van der Waals surface area (Å²) in [6, 6.07) is 24.2. The van der Waals surface area contributed by atoms with Crippen molar-refractivity contribution in [3.63, 3.8) is 0 Å². The number of piperazine rings is 1. The Bertz CT molecular complexity index is 1110. The van der Waals surface area contributed by atoms with Crippen LogP contribution in [0.4, 0.5) is 5.69 Å². The van der Waals surface area contributed by atoms with Crippen molar-refractivity contribution in [3.8, 4) is 11.5 Å². The zero-order valence-electron chi connectivity index (χ0n) is 20.9. The largest absolute Gasteiger partial charge is 0.493 e. The third-order valence-electron chi connectivity index (χ3n) is 6.23. The smallest absolute Gasteiger partial charge is 0.251 e. The molecule has 0 bridgehead atoms. The number of amides is 1. The molecule has 1 heterocycles. The molecule has 3 aromatic rings. The lowest BCUT2D eigenvalue weighted by Gasteiger charge is -2.36. The number of anilines is 1. The number of benzene rings is 3. The van der Waals surface area contributed by atoms with Crippen LogP contribution < -0.4 is 19.7 Å². The first-order chi connectivity index (χ1) is 17.0. The normalized spacial score (nSPS) is 14.1. The monoisotopic (exact) mass is 473 g/mol. The van der Waals surface area contributed by atoms with Crippen molar-refractivity contribution in [1.82, 2.24) is 10.2 Å². The summed E-state index contributed by atoms with van der Waals surface area (Å²) in [6.45, 7) is 9.33. The topological polar surface area (TPSA) is 54.0 Å². The Morgan fingerprint density at radius 1 is 0.886 bits per heavy atom. The summed E-state index contributed by atoms with van der Waals surface area (Å²) in [7, 11) is 1.58. The number of rotatable bonds is 9. The summed E-state index contributed by atoms with van der Waals surface area (Å²) >= 11 is 0. The number of nitrogens with one attached hydrogen (secondary N) is 1. The van der Waals surface area contributed by atoms with Gasteiger partial charge in [0.1, 0.15) is 0 Å². The molecule has 1 N–H and O–H groups in total. The minimum absolute atomic E-state index is 0.0291. The molecule has 0 aromatic heterocycles. The molecule has 0 atom stereocenters. The molecule has 0 saturated carbocycles. The average Bonchev–Trinajstić information content (AvgIpc) is 2.89. The second kappa shape index (κ2) is 11.8. The van der Waals surface area contributed by atoms with Gasteiger partial charge in [-0.25, -0.2) is 0 Å². The molecular formula is C29H35N3O3. The lowest BCUT2D eigenvalue weighted by molar-refractivity contribution is 0.0950. The van der Waals surface area contributed by atoms with Gasteiger partial charge < -0.3 is 19.7 Å². The SMILES string of the molecule is COc1cc(C(=O)NCc2ccccc2CN2CCN(c3ccccc3)CC2)ccc1OC(C)C. The second-order valence-corrected chi connectivity index (χ2v) is 9.08. The van der Waals surface area contributed by atoms with Crippen LogP contribution in [0.2, 0.25) is 0 Å². The molecule has 0 spiro atoms. The van der Waals surface area contributed by atoms with Crippen molar-refractivity contribution in [2.45, 2.75) is 33.0 Å². The predicted molar refractivity (Wildman–Crippen MR) is 140 cm³/mol. The minimum Gasteiger partial charge on any atom is -0.493 e. The first-order valence-electron chi connectivity index (χ1n) is 12.3. The highest BCUT2D eigenvalue weighted by Crippen LogP contribution is 2.29. The van der Waals surface area contributed by atoms with Crippen molar-refractivity contribution < 1.29 is 14.3 Å². The highest BCUT2D eigenvalue weighted by atomic mass is 16.5. The van der Waals surface area contributed by atoms with Gasteiger partial charge in [-0.15, -0.1) is 0 Å². The molecule has 35 heavy (non-hydrogen) atoms. The van der Waals surface area contributed by atoms with Gasteiger partial charge in [-0.2, -0.15) is 0 Å². The maximum Gasteiger partial charge on any atom is 0.251 e. The standard InChI is InChI=1S/C29H35N3O3/c1-22(2)35-27-14-13-23(19-28(27)34-3)29(33)30-20-24-9-7-8-10-25(24)21-31-15-17-32(18-16-31)26-11-5-4-6-12-26/h4-14,19,22H,15-18,20-21H2,1-3H3,(H,30,33). The van der Waals surface area contributed by atoms with E-state index in [0.29, 0.717) is 23.6 Å². The molecule has 1 fully saturated rings. The Labute approximate surface area is 208 Å². The van der Waals surface area contributed by atoms with E-state index < -0.39 is 0 Å². The van der Waals surface area contributed by atoms with Crippen molar-refractivity contribution in [1.29, 1.82) is 0 Å². The van der Waals surface area contributed by atoms with Crippen molar-refractivity contribution in [2.75, 3.05) is 38.2 Å². The third kappa shape index (κ3) is 6.55. The maximum atomic E-state index is 12.9. The number of methoxy groups -OCH3 is 1.